The van der Waals surface area contributed by atoms with E-state index in [2.05, 4.69) is 15.2 Å². The molecular weight excluding hydrogens is 326 g/mol. The van der Waals surface area contributed by atoms with Crippen LogP contribution < -0.4 is 0 Å². The Morgan fingerprint density at radius 1 is 1.00 bits per heavy atom. The van der Waals surface area contributed by atoms with Crippen LogP contribution in [0.5, 0.6) is 0 Å². The van der Waals surface area contributed by atoms with E-state index in [4.69, 9.17) is 0 Å². The Balaban J connectivity index is 1.52. The zero-order chi connectivity index (χ0) is 17.9. The van der Waals surface area contributed by atoms with E-state index in [0.29, 0.717) is 6.54 Å². The third kappa shape index (κ3) is 3.65. The number of carbonyl (C=O) groups excluding carboxylic acids is 1. The van der Waals surface area contributed by atoms with Crippen molar-refractivity contribution < 1.29 is 4.79 Å². The molecule has 1 saturated heterocycles. The van der Waals surface area contributed by atoms with E-state index >= 15 is 0 Å². The predicted octanol–water partition coefficient (Wildman–Crippen LogP) is 2.62. The Hall–Kier alpha value is -2.21. The Morgan fingerprint density at radius 2 is 1.77 bits per heavy atom. The van der Waals surface area contributed by atoms with Gasteiger partial charge in [0.2, 0.25) is 0 Å². The predicted molar refractivity (Wildman–Crippen MR) is 99.7 cm³/mol. The van der Waals surface area contributed by atoms with E-state index in [-0.39, 0.29) is 5.91 Å². The van der Waals surface area contributed by atoms with Gasteiger partial charge in [0.15, 0.2) is 0 Å². The highest BCUT2D eigenvalue weighted by atomic mass is 16.2. The van der Waals surface area contributed by atoms with Crippen molar-refractivity contribution in [3.63, 3.8) is 0 Å². The van der Waals surface area contributed by atoms with Gasteiger partial charge in [0.05, 0.1) is 12.2 Å². The van der Waals surface area contributed by atoms with Crippen molar-refractivity contribution >= 4 is 5.91 Å². The molecule has 6 heteroatoms. The van der Waals surface area contributed by atoms with Crippen molar-refractivity contribution in [3.8, 4) is 0 Å². The number of fused-ring (bicyclic) bond motifs is 1. The van der Waals surface area contributed by atoms with Gasteiger partial charge in [-0.2, -0.15) is 0 Å². The number of hydrogen-bond donors (Lipinski definition) is 0. The van der Waals surface area contributed by atoms with E-state index in [9.17, 15) is 4.79 Å². The van der Waals surface area contributed by atoms with Gasteiger partial charge < -0.3 is 4.90 Å². The van der Waals surface area contributed by atoms with Gasteiger partial charge in [0.25, 0.3) is 5.91 Å². The van der Waals surface area contributed by atoms with Crippen LogP contribution in [0, 0.1) is 6.92 Å². The van der Waals surface area contributed by atoms with Gasteiger partial charge in [0.1, 0.15) is 5.69 Å². The first-order chi connectivity index (χ1) is 12.7. The molecule has 1 aromatic heterocycles. The summed E-state index contributed by atoms with van der Waals surface area (Å²) >= 11 is 0. The van der Waals surface area contributed by atoms with Crippen LogP contribution in [-0.4, -0.2) is 50.3 Å². The van der Waals surface area contributed by atoms with E-state index in [1.165, 1.54) is 24.8 Å². The number of benzene rings is 1. The Labute approximate surface area is 154 Å². The molecule has 0 saturated carbocycles. The lowest BCUT2D eigenvalue weighted by atomic mass is 10.1. The Kier molecular flexibility index (Phi) is 5.02. The maximum absolute atomic E-state index is 13.0. The molecule has 6 nitrogen and oxygen atoms in total. The van der Waals surface area contributed by atoms with Crippen LogP contribution in [0.3, 0.4) is 0 Å². The fourth-order valence-corrected chi connectivity index (χ4v) is 3.90. The van der Waals surface area contributed by atoms with Crippen molar-refractivity contribution in [2.45, 2.75) is 52.2 Å². The first-order valence-corrected chi connectivity index (χ1v) is 9.70. The van der Waals surface area contributed by atoms with Gasteiger partial charge in [-0.1, -0.05) is 29.3 Å². The summed E-state index contributed by atoms with van der Waals surface area (Å²) in [6, 6.07) is 7.84. The van der Waals surface area contributed by atoms with E-state index in [1.54, 1.807) is 0 Å². The van der Waals surface area contributed by atoms with Crippen LogP contribution in [0.15, 0.2) is 24.3 Å². The molecule has 2 aliphatic rings. The first kappa shape index (κ1) is 17.2. The molecule has 0 bridgehead atoms. The Morgan fingerprint density at radius 3 is 2.54 bits per heavy atom. The molecule has 2 aromatic rings. The van der Waals surface area contributed by atoms with Crippen LogP contribution in [0.1, 0.15) is 53.0 Å². The quantitative estimate of drug-likeness (QED) is 0.851. The number of piperidine rings is 1. The summed E-state index contributed by atoms with van der Waals surface area (Å²) in [6.45, 7) is 7.36. The van der Waals surface area contributed by atoms with Gasteiger partial charge in [-0.25, -0.2) is 4.68 Å². The average Bonchev–Trinajstić information content (AvgIpc) is 2.90. The van der Waals surface area contributed by atoms with Crippen molar-refractivity contribution in [2.75, 3.05) is 19.6 Å². The third-order valence-electron chi connectivity index (χ3n) is 5.46. The van der Waals surface area contributed by atoms with Crippen LogP contribution in [0.4, 0.5) is 0 Å². The number of aromatic nitrogens is 3. The van der Waals surface area contributed by atoms with Gasteiger partial charge in [-0.15, -0.1) is 5.10 Å². The number of aryl methyl sites for hydroxylation is 2. The number of rotatable bonds is 3. The van der Waals surface area contributed by atoms with Gasteiger partial charge in [0, 0.05) is 25.2 Å². The lowest BCUT2D eigenvalue weighted by Gasteiger charge is -2.26. The summed E-state index contributed by atoms with van der Waals surface area (Å²) in [4.78, 5) is 17.4. The number of likely N-dealkylation sites (tertiary alicyclic amines) is 1. The first-order valence-electron chi connectivity index (χ1n) is 9.70. The molecule has 4 rings (SSSR count). The normalized spacial score (nSPS) is 18.4. The molecule has 0 aliphatic carbocycles. The lowest BCUT2D eigenvalue weighted by Crippen LogP contribution is -2.32. The largest absolute Gasteiger partial charge is 0.333 e. The number of nitrogens with zero attached hydrogens (tertiary/aromatic N) is 5. The summed E-state index contributed by atoms with van der Waals surface area (Å²) in [5.74, 6) is 0.101. The minimum absolute atomic E-state index is 0.101. The maximum atomic E-state index is 13.0. The van der Waals surface area contributed by atoms with E-state index in [1.807, 2.05) is 40.8 Å². The highest BCUT2D eigenvalue weighted by molar-refractivity contribution is 5.94. The van der Waals surface area contributed by atoms with Crippen molar-refractivity contribution in [1.29, 1.82) is 0 Å². The van der Waals surface area contributed by atoms with Gasteiger partial charge in [-0.05, 0) is 51.4 Å². The second-order valence-corrected chi connectivity index (χ2v) is 7.49. The minimum Gasteiger partial charge on any atom is -0.333 e. The average molecular weight is 353 g/mol. The topological polar surface area (TPSA) is 54.3 Å². The van der Waals surface area contributed by atoms with Crippen molar-refractivity contribution in [1.82, 2.24) is 24.8 Å². The van der Waals surface area contributed by atoms with E-state index in [0.717, 1.165) is 56.1 Å². The molecule has 1 amide bonds. The molecule has 0 unspecified atom stereocenters. The number of amides is 1. The minimum atomic E-state index is 0.101. The Bertz CT molecular complexity index is 761. The lowest BCUT2D eigenvalue weighted by molar-refractivity contribution is 0.0745. The fourth-order valence-electron chi connectivity index (χ4n) is 3.90. The van der Waals surface area contributed by atoms with Crippen molar-refractivity contribution in [3.05, 3.63) is 46.8 Å². The molecule has 2 aliphatic heterocycles. The summed E-state index contributed by atoms with van der Waals surface area (Å²) in [5.41, 5.74) is 4.07. The van der Waals surface area contributed by atoms with Crippen molar-refractivity contribution in [2.24, 2.45) is 0 Å². The van der Waals surface area contributed by atoms with Crippen LogP contribution >= 0.6 is 0 Å². The molecule has 138 valence electrons. The third-order valence-corrected chi connectivity index (χ3v) is 5.46. The fraction of sp³-hybridized carbons (Fsp3) is 0.550. The molecule has 3 heterocycles. The number of carbonyl (C=O) groups is 1. The molecule has 1 fully saturated rings. The molecular formula is C20H27N5O. The van der Waals surface area contributed by atoms with Crippen LogP contribution in [0.25, 0.3) is 0 Å². The zero-order valence-corrected chi connectivity index (χ0v) is 15.5. The molecule has 0 N–H and O–H groups in total. The molecule has 0 radical (unpaired) electrons. The van der Waals surface area contributed by atoms with E-state index < -0.39 is 0 Å². The van der Waals surface area contributed by atoms with Crippen LogP contribution in [0.2, 0.25) is 0 Å². The smallest absolute Gasteiger partial charge is 0.254 e. The summed E-state index contributed by atoms with van der Waals surface area (Å²) in [5, 5.41) is 8.81. The highest BCUT2D eigenvalue weighted by Crippen LogP contribution is 2.20. The zero-order valence-electron chi connectivity index (χ0n) is 15.5. The number of hydrogen-bond acceptors (Lipinski definition) is 4. The molecule has 0 spiro atoms. The highest BCUT2D eigenvalue weighted by Gasteiger charge is 2.25. The second kappa shape index (κ2) is 7.58. The van der Waals surface area contributed by atoms with Crippen LogP contribution in [-0.2, 0) is 19.6 Å². The van der Waals surface area contributed by atoms with Gasteiger partial charge >= 0.3 is 0 Å². The molecule has 26 heavy (non-hydrogen) atoms. The summed E-state index contributed by atoms with van der Waals surface area (Å²) < 4.78 is 2.00. The monoisotopic (exact) mass is 353 g/mol. The SMILES string of the molecule is Cc1ccc(C(=O)N2CCCn3nnc(CN4CCCCC4)c3C2)cc1. The van der Waals surface area contributed by atoms with Gasteiger partial charge in [-0.3, -0.25) is 9.69 Å². The standard InChI is InChI=1S/C20H27N5O/c1-16-6-8-17(9-7-16)20(26)24-12-5-13-25-19(15-24)18(21-22-25)14-23-10-3-2-4-11-23/h6-9H,2-5,10-15H2,1H3. The second-order valence-electron chi connectivity index (χ2n) is 7.49. The summed E-state index contributed by atoms with van der Waals surface area (Å²) in [6.07, 6.45) is 4.77. The summed E-state index contributed by atoms with van der Waals surface area (Å²) in [7, 11) is 0. The molecule has 0 atom stereocenters. The maximum Gasteiger partial charge on any atom is 0.254 e. The molecule has 1 aromatic carbocycles.